The van der Waals surface area contributed by atoms with E-state index in [0.717, 1.165) is 25.7 Å². The zero-order valence-corrected chi connectivity index (χ0v) is 15.0. The highest BCUT2D eigenvalue weighted by atomic mass is 16.2. The second kappa shape index (κ2) is 8.97. The van der Waals surface area contributed by atoms with E-state index in [1.165, 1.54) is 6.42 Å². The molecule has 1 saturated heterocycles. The summed E-state index contributed by atoms with van der Waals surface area (Å²) >= 11 is 0. The van der Waals surface area contributed by atoms with E-state index in [0.29, 0.717) is 12.8 Å². The highest BCUT2D eigenvalue weighted by Crippen LogP contribution is 2.25. The van der Waals surface area contributed by atoms with Gasteiger partial charge < -0.3 is 16.0 Å². The first kappa shape index (κ1) is 19.4. The van der Waals surface area contributed by atoms with Crippen molar-refractivity contribution in [3.63, 3.8) is 0 Å². The quantitative estimate of drug-likeness (QED) is 0.741. The zero-order chi connectivity index (χ0) is 18.4. The molecule has 2 atom stereocenters. The zero-order valence-electron chi connectivity index (χ0n) is 15.0. The van der Waals surface area contributed by atoms with E-state index < -0.39 is 11.9 Å². The molecule has 3 N–H and O–H groups in total. The van der Waals surface area contributed by atoms with E-state index in [2.05, 4.69) is 5.32 Å². The molecule has 1 aliphatic carbocycles. The maximum atomic E-state index is 12.5. The van der Waals surface area contributed by atoms with Crippen LogP contribution in [0.2, 0.25) is 0 Å². The molecular weight excluding hydrogens is 322 g/mol. The molecule has 0 bridgehead atoms. The SMILES string of the molecule is C[C@@H](CCC(=O)N[C@H]1CCC(=O)N(C2CCCCC2)CC1=O)C(N)=O. The second-order valence-electron chi connectivity index (χ2n) is 7.28. The third-order valence-corrected chi connectivity index (χ3v) is 5.32. The van der Waals surface area contributed by atoms with Crippen molar-refractivity contribution in [3.05, 3.63) is 0 Å². The maximum absolute atomic E-state index is 12.5. The smallest absolute Gasteiger partial charge is 0.223 e. The fraction of sp³-hybridized carbons (Fsp3) is 0.778. The molecule has 0 aromatic carbocycles. The van der Waals surface area contributed by atoms with Gasteiger partial charge in [-0.15, -0.1) is 0 Å². The summed E-state index contributed by atoms with van der Waals surface area (Å²) in [5, 5.41) is 2.73. The molecule has 1 saturated carbocycles. The van der Waals surface area contributed by atoms with Gasteiger partial charge in [0.15, 0.2) is 5.78 Å². The minimum atomic E-state index is -0.617. The van der Waals surface area contributed by atoms with Crippen LogP contribution < -0.4 is 11.1 Å². The Hall–Kier alpha value is -1.92. The molecule has 0 aromatic heterocycles. The van der Waals surface area contributed by atoms with Crippen molar-refractivity contribution in [2.45, 2.75) is 76.8 Å². The summed E-state index contributed by atoms with van der Waals surface area (Å²) in [5.74, 6) is -1.18. The lowest BCUT2D eigenvalue weighted by Gasteiger charge is -2.33. The summed E-state index contributed by atoms with van der Waals surface area (Å²) < 4.78 is 0. The monoisotopic (exact) mass is 351 g/mol. The molecule has 7 heteroatoms. The summed E-state index contributed by atoms with van der Waals surface area (Å²) in [6.45, 7) is 1.76. The molecule has 0 spiro atoms. The highest BCUT2D eigenvalue weighted by Gasteiger charge is 2.33. The number of Topliss-reactive ketones (excluding diaryl/α,β-unsaturated/α-hetero) is 1. The number of nitrogens with zero attached hydrogens (tertiary/aromatic N) is 1. The number of nitrogens with one attached hydrogen (secondary N) is 1. The van der Waals surface area contributed by atoms with Crippen molar-refractivity contribution in [1.82, 2.24) is 10.2 Å². The van der Waals surface area contributed by atoms with Crippen LogP contribution in [-0.2, 0) is 19.2 Å². The van der Waals surface area contributed by atoms with Crippen LogP contribution in [0.5, 0.6) is 0 Å². The molecule has 1 aliphatic heterocycles. The molecule has 0 aromatic rings. The van der Waals surface area contributed by atoms with Crippen LogP contribution in [0.3, 0.4) is 0 Å². The number of primary amides is 1. The standard InChI is InChI=1S/C18H29N3O4/c1-12(18(19)25)7-9-16(23)20-14-8-10-17(24)21(11-15(14)22)13-5-3-2-4-6-13/h12-14H,2-11H2,1H3,(H2,19,25)(H,20,23)/t12-,14-/m0/s1. The molecule has 1 heterocycles. The van der Waals surface area contributed by atoms with Crippen molar-refractivity contribution in [2.24, 2.45) is 11.7 Å². The molecule has 0 unspecified atom stereocenters. The lowest BCUT2D eigenvalue weighted by molar-refractivity contribution is -0.136. The molecule has 140 valence electrons. The highest BCUT2D eigenvalue weighted by molar-refractivity contribution is 5.94. The average molecular weight is 351 g/mol. The number of rotatable bonds is 6. The van der Waals surface area contributed by atoms with E-state index in [4.69, 9.17) is 5.73 Å². The summed E-state index contributed by atoms with van der Waals surface area (Å²) in [6, 6.07) is -0.454. The largest absolute Gasteiger partial charge is 0.369 e. The lowest BCUT2D eigenvalue weighted by Crippen LogP contribution is -2.46. The predicted octanol–water partition coefficient (Wildman–Crippen LogP) is 0.897. The molecule has 2 aliphatic rings. The Morgan fingerprint density at radius 1 is 1.20 bits per heavy atom. The van der Waals surface area contributed by atoms with Gasteiger partial charge in [-0.05, 0) is 25.7 Å². The first-order valence-electron chi connectivity index (χ1n) is 9.29. The summed E-state index contributed by atoms with van der Waals surface area (Å²) in [5.41, 5.74) is 5.18. The Morgan fingerprint density at radius 2 is 1.88 bits per heavy atom. The molecule has 7 nitrogen and oxygen atoms in total. The van der Waals surface area contributed by atoms with Gasteiger partial charge in [-0.1, -0.05) is 26.2 Å². The van der Waals surface area contributed by atoms with Gasteiger partial charge in [0.25, 0.3) is 0 Å². The number of hydrogen-bond acceptors (Lipinski definition) is 4. The van der Waals surface area contributed by atoms with Gasteiger partial charge in [-0.2, -0.15) is 0 Å². The second-order valence-corrected chi connectivity index (χ2v) is 7.28. The van der Waals surface area contributed by atoms with Crippen molar-refractivity contribution < 1.29 is 19.2 Å². The number of likely N-dealkylation sites (tertiary alicyclic amines) is 1. The minimum Gasteiger partial charge on any atom is -0.369 e. The number of carbonyl (C=O) groups excluding carboxylic acids is 4. The van der Waals surface area contributed by atoms with Crippen molar-refractivity contribution in [2.75, 3.05) is 6.54 Å². The van der Waals surface area contributed by atoms with E-state index in [1.54, 1.807) is 11.8 Å². The number of ketones is 1. The van der Waals surface area contributed by atoms with Crippen LogP contribution in [0.25, 0.3) is 0 Å². The van der Waals surface area contributed by atoms with Crippen LogP contribution in [-0.4, -0.2) is 47.0 Å². The van der Waals surface area contributed by atoms with Gasteiger partial charge in [-0.25, -0.2) is 0 Å². The summed E-state index contributed by atoms with van der Waals surface area (Å²) in [7, 11) is 0. The van der Waals surface area contributed by atoms with Gasteiger partial charge in [0.2, 0.25) is 17.7 Å². The number of nitrogens with two attached hydrogens (primary N) is 1. The fourth-order valence-electron chi connectivity index (χ4n) is 3.57. The van der Waals surface area contributed by atoms with Gasteiger partial charge in [0.05, 0.1) is 12.6 Å². The molecular formula is C18H29N3O4. The van der Waals surface area contributed by atoms with Crippen LogP contribution >= 0.6 is 0 Å². The van der Waals surface area contributed by atoms with Crippen LogP contribution in [0.1, 0.15) is 64.7 Å². The maximum Gasteiger partial charge on any atom is 0.223 e. The Labute approximate surface area is 148 Å². The van der Waals surface area contributed by atoms with Crippen molar-refractivity contribution >= 4 is 23.5 Å². The van der Waals surface area contributed by atoms with Crippen LogP contribution in [0.15, 0.2) is 0 Å². The third-order valence-electron chi connectivity index (χ3n) is 5.32. The van der Waals surface area contributed by atoms with E-state index in [1.807, 2.05) is 0 Å². The van der Waals surface area contributed by atoms with Crippen LogP contribution in [0, 0.1) is 5.92 Å². The minimum absolute atomic E-state index is 0.0133. The van der Waals surface area contributed by atoms with E-state index >= 15 is 0 Å². The van der Waals surface area contributed by atoms with Gasteiger partial charge in [-0.3, -0.25) is 19.2 Å². The molecule has 3 amide bonds. The molecule has 2 fully saturated rings. The third kappa shape index (κ3) is 5.54. The fourth-order valence-corrected chi connectivity index (χ4v) is 3.57. The van der Waals surface area contributed by atoms with Crippen molar-refractivity contribution in [3.8, 4) is 0 Å². The Kier molecular flexibility index (Phi) is 6.96. The number of amides is 3. The lowest BCUT2D eigenvalue weighted by atomic mass is 9.94. The molecule has 25 heavy (non-hydrogen) atoms. The molecule has 2 rings (SSSR count). The Balaban J connectivity index is 1.88. The normalized spacial score (nSPS) is 23.9. The van der Waals surface area contributed by atoms with Crippen molar-refractivity contribution in [1.29, 1.82) is 0 Å². The predicted molar refractivity (Wildman–Crippen MR) is 92.4 cm³/mol. The first-order valence-corrected chi connectivity index (χ1v) is 9.29. The number of carbonyl (C=O) groups is 4. The Morgan fingerprint density at radius 3 is 2.52 bits per heavy atom. The van der Waals surface area contributed by atoms with Gasteiger partial charge in [0, 0.05) is 24.8 Å². The number of hydrogen-bond donors (Lipinski definition) is 2. The first-order chi connectivity index (χ1) is 11.9. The van der Waals surface area contributed by atoms with Gasteiger partial charge in [0.1, 0.15) is 0 Å². The van der Waals surface area contributed by atoms with E-state index in [9.17, 15) is 19.2 Å². The van der Waals surface area contributed by atoms with Gasteiger partial charge >= 0.3 is 0 Å². The van der Waals surface area contributed by atoms with Crippen LogP contribution in [0.4, 0.5) is 0 Å². The van der Waals surface area contributed by atoms with E-state index in [-0.39, 0.29) is 48.9 Å². The molecule has 0 radical (unpaired) electrons. The summed E-state index contributed by atoms with van der Waals surface area (Å²) in [4.78, 5) is 49.7. The Bertz CT molecular complexity index is 528. The average Bonchev–Trinajstić information content (AvgIpc) is 2.73. The topological polar surface area (TPSA) is 110 Å². The summed E-state index contributed by atoms with van der Waals surface area (Å²) in [6.07, 6.45) is 6.44.